The fraction of sp³-hybridized carbons (Fsp3) is 1.00. The molecule has 2 aliphatic rings. The second kappa shape index (κ2) is 3.54. The van der Waals surface area contributed by atoms with Crippen molar-refractivity contribution in [3.8, 4) is 0 Å². The summed E-state index contributed by atoms with van der Waals surface area (Å²) in [5.41, 5.74) is 0. The highest BCUT2D eigenvalue weighted by Gasteiger charge is 2.54. The Morgan fingerprint density at radius 2 is 1.71 bits per heavy atom. The molecule has 82 valence electrons. The van der Waals surface area contributed by atoms with Gasteiger partial charge in [-0.15, -0.1) is 0 Å². The molecule has 14 heavy (non-hydrogen) atoms. The first-order valence-electron chi connectivity index (χ1n) is 6.57. The minimum Gasteiger partial charge on any atom is -0.0651 e. The van der Waals surface area contributed by atoms with Gasteiger partial charge in [0.1, 0.15) is 0 Å². The largest absolute Gasteiger partial charge is 0.0651 e. The quantitative estimate of drug-likeness (QED) is 0.618. The Morgan fingerprint density at radius 1 is 1.07 bits per heavy atom. The lowest BCUT2D eigenvalue weighted by Gasteiger charge is -2.47. The molecule has 0 bridgehead atoms. The van der Waals surface area contributed by atoms with E-state index in [2.05, 4.69) is 34.6 Å². The fourth-order valence-electron chi connectivity index (χ4n) is 4.44. The van der Waals surface area contributed by atoms with Crippen LogP contribution in [0, 0.1) is 41.4 Å². The summed E-state index contributed by atoms with van der Waals surface area (Å²) in [5, 5.41) is 0. The maximum atomic E-state index is 2.52. The minimum absolute atomic E-state index is 0.954. The van der Waals surface area contributed by atoms with Crippen LogP contribution < -0.4 is 0 Å². The summed E-state index contributed by atoms with van der Waals surface area (Å²) in [5.74, 6) is 7.15. The van der Waals surface area contributed by atoms with Crippen LogP contribution in [0.3, 0.4) is 0 Å². The summed E-state index contributed by atoms with van der Waals surface area (Å²) in [6, 6.07) is 0. The lowest BCUT2D eigenvalue weighted by molar-refractivity contribution is 0.00619. The van der Waals surface area contributed by atoms with E-state index in [0.717, 1.165) is 41.4 Å². The highest BCUT2D eigenvalue weighted by Crippen LogP contribution is 2.61. The van der Waals surface area contributed by atoms with Gasteiger partial charge in [-0.3, -0.25) is 0 Å². The molecule has 0 aromatic carbocycles. The first-order chi connectivity index (χ1) is 6.57. The van der Waals surface area contributed by atoms with Gasteiger partial charge < -0.3 is 0 Å². The standard InChI is InChI=1S/C14H26/c1-6-8(2)12-7-13-9(3)10(4)14(13)11(12)5/h8-14H,6-7H2,1-5H3. The van der Waals surface area contributed by atoms with Crippen LogP contribution in [0.5, 0.6) is 0 Å². The Morgan fingerprint density at radius 3 is 2.21 bits per heavy atom. The van der Waals surface area contributed by atoms with Gasteiger partial charge in [-0.05, 0) is 47.8 Å². The molecule has 7 unspecified atom stereocenters. The van der Waals surface area contributed by atoms with E-state index < -0.39 is 0 Å². The van der Waals surface area contributed by atoms with Crippen molar-refractivity contribution >= 4 is 0 Å². The molecule has 2 saturated carbocycles. The zero-order valence-corrected chi connectivity index (χ0v) is 10.5. The van der Waals surface area contributed by atoms with Crippen LogP contribution >= 0.6 is 0 Å². The predicted molar refractivity (Wildman–Crippen MR) is 62.0 cm³/mol. The maximum Gasteiger partial charge on any atom is -0.0326 e. The highest BCUT2D eigenvalue weighted by atomic mass is 14.6. The summed E-state index contributed by atoms with van der Waals surface area (Å²) in [6.45, 7) is 12.3. The maximum absolute atomic E-state index is 2.52. The van der Waals surface area contributed by atoms with E-state index in [0.29, 0.717) is 0 Å². The Balaban J connectivity index is 2.06. The smallest absolute Gasteiger partial charge is 0.0326 e. The second-order valence-corrected chi connectivity index (χ2v) is 6.10. The van der Waals surface area contributed by atoms with Crippen LogP contribution in [-0.4, -0.2) is 0 Å². The zero-order valence-electron chi connectivity index (χ0n) is 10.5. The van der Waals surface area contributed by atoms with Crippen molar-refractivity contribution < 1.29 is 0 Å². The van der Waals surface area contributed by atoms with E-state index in [1.54, 1.807) is 0 Å². The second-order valence-electron chi connectivity index (χ2n) is 6.10. The molecule has 2 rings (SSSR count). The molecule has 0 radical (unpaired) electrons. The monoisotopic (exact) mass is 194 g/mol. The van der Waals surface area contributed by atoms with Crippen molar-refractivity contribution in [1.82, 2.24) is 0 Å². The van der Waals surface area contributed by atoms with Crippen molar-refractivity contribution in [2.45, 2.75) is 47.5 Å². The third-order valence-corrected chi connectivity index (χ3v) is 5.81. The van der Waals surface area contributed by atoms with Crippen molar-refractivity contribution in [3.05, 3.63) is 0 Å². The van der Waals surface area contributed by atoms with Gasteiger partial charge in [0.15, 0.2) is 0 Å². The van der Waals surface area contributed by atoms with Gasteiger partial charge in [0.2, 0.25) is 0 Å². The lowest BCUT2D eigenvalue weighted by Crippen LogP contribution is -2.42. The molecule has 0 saturated heterocycles. The van der Waals surface area contributed by atoms with Crippen molar-refractivity contribution in [3.63, 3.8) is 0 Å². The number of hydrogen-bond acceptors (Lipinski definition) is 0. The molecule has 7 atom stereocenters. The SMILES string of the molecule is CCC(C)C1CC2C(C)C(C)C2C1C. The van der Waals surface area contributed by atoms with E-state index in [4.69, 9.17) is 0 Å². The van der Waals surface area contributed by atoms with Gasteiger partial charge in [-0.1, -0.05) is 41.0 Å². The number of rotatable bonds is 2. The van der Waals surface area contributed by atoms with E-state index in [9.17, 15) is 0 Å². The third-order valence-electron chi connectivity index (χ3n) is 5.81. The normalized spacial score (nSPS) is 53.8. The van der Waals surface area contributed by atoms with E-state index in [-0.39, 0.29) is 0 Å². The van der Waals surface area contributed by atoms with Gasteiger partial charge in [-0.25, -0.2) is 0 Å². The van der Waals surface area contributed by atoms with Gasteiger partial charge >= 0.3 is 0 Å². The van der Waals surface area contributed by atoms with E-state index in [1.165, 1.54) is 12.8 Å². The highest BCUT2D eigenvalue weighted by molar-refractivity contribution is 5.03. The Labute approximate surface area is 89.5 Å². The summed E-state index contributed by atoms with van der Waals surface area (Å²) >= 11 is 0. The zero-order chi connectivity index (χ0) is 10.5. The van der Waals surface area contributed by atoms with Crippen LogP contribution in [0.1, 0.15) is 47.5 Å². The number of fused-ring (bicyclic) bond motifs is 1. The predicted octanol–water partition coefficient (Wildman–Crippen LogP) is 4.21. The van der Waals surface area contributed by atoms with Crippen molar-refractivity contribution in [2.75, 3.05) is 0 Å². The van der Waals surface area contributed by atoms with Gasteiger partial charge in [0, 0.05) is 0 Å². The molecule has 0 nitrogen and oxygen atoms in total. The van der Waals surface area contributed by atoms with Crippen molar-refractivity contribution in [2.24, 2.45) is 41.4 Å². The Kier molecular flexibility index (Phi) is 2.66. The van der Waals surface area contributed by atoms with Crippen LogP contribution in [0.25, 0.3) is 0 Å². The van der Waals surface area contributed by atoms with Gasteiger partial charge in [0.25, 0.3) is 0 Å². The van der Waals surface area contributed by atoms with Gasteiger partial charge in [0.05, 0.1) is 0 Å². The Bertz CT molecular complexity index is 208. The molecule has 0 spiro atoms. The molecule has 0 N–H and O–H groups in total. The molecule has 0 aromatic rings. The Hall–Kier alpha value is 0. The van der Waals surface area contributed by atoms with E-state index in [1.807, 2.05) is 0 Å². The molecule has 0 aliphatic heterocycles. The third kappa shape index (κ3) is 1.26. The van der Waals surface area contributed by atoms with Crippen LogP contribution in [-0.2, 0) is 0 Å². The molecule has 0 aromatic heterocycles. The molecule has 0 heterocycles. The van der Waals surface area contributed by atoms with E-state index >= 15 is 0 Å². The summed E-state index contributed by atoms with van der Waals surface area (Å²) in [7, 11) is 0. The summed E-state index contributed by atoms with van der Waals surface area (Å²) < 4.78 is 0. The first kappa shape index (κ1) is 10.5. The minimum atomic E-state index is 0.954. The molecule has 2 aliphatic carbocycles. The first-order valence-corrected chi connectivity index (χ1v) is 6.57. The summed E-state index contributed by atoms with van der Waals surface area (Å²) in [4.78, 5) is 0. The lowest BCUT2D eigenvalue weighted by atomic mass is 9.58. The topological polar surface area (TPSA) is 0 Å². The average Bonchev–Trinajstić information content (AvgIpc) is 2.51. The molecule has 2 fully saturated rings. The van der Waals surface area contributed by atoms with Crippen molar-refractivity contribution in [1.29, 1.82) is 0 Å². The molecular formula is C14H26. The van der Waals surface area contributed by atoms with Crippen LogP contribution in [0.2, 0.25) is 0 Å². The molecule has 0 amide bonds. The fourth-order valence-corrected chi connectivity index (χ4v) is 4.44. The van der Waals surface area contributed by atoms with Gasteiger partial charge in [-0.2, -0.15) is 0 Å². The van der Waals surface area contributed by atoms with Crippen LogP contribution in [0.4, 0.5) is 0 Å². The average molecular weight is 194 g/mol. The summed E-state index contributed by atoms with van der Waals surface area (Å²) in [6.07, 6.45) is 2.91. The van der Waals surface area contributed by atoms with Crippen LogP contribution in [0.15, 0.2) is 0 Å². The molecular weight excluding hydrogens is 168 g/mol. The number of hydrogen-bond donors (Lipinski definition) is 0. The molecule has 0 heteroatoms.